The Bertz CT molecular complexity index is 660. The van der Waals surface area contributed by atoms with Gasteiger partial charge in [-0.05, 0) is 55.9 Å². The Morgan fingerprint density at radius 1 is 1.00 bits per heavy atom. The van der Waals surface area contributed by atoms with Gasteiger partial charge in [-0.15, -0.1) is 0 Å². The summed E-state index contributed by atoms with van der Waals surface area (Å²) in [4.78, 5) is 0. The van der Waals surface area contributed by atoms with E-state index in [-0.39, 0.29) is 5.75 Å². The largest absolute Gasteiger partial charge is 0.433 e. The molecule has 6 heteroatoms. The van der Waals surface area contributed by atoms with Crippen LogP contribution >= 0.6 is 12.2 Å². The molecule has 0 aliphatic heterocycles. The number of nitrogens with one attached hydrogen (secondary N) is 2. The molecule has 0 bridgehead atoms. The van der Waals surface area contributed by atoms with Gasteiger partial charge >= 0.3 is 6.61 Å². The lowest BCUT2D eigenvalue weighted by Gasteiger charge is -2.15. The van der Waals surface area contributed by atoms with Gasteiger partial charge in [-0.25, -0.2) is 0 Å². The Balaban J connectivity index is 2.09. The Kier molecular flexibility index (Phi) is 5.27. The van der Waals surface area contributed by atoms with E-state index in [1.807, 2.05) is 31.2 Å². The summed E-state index contributed by atoms with van der Waals surface area (Å²) in [6.45, 7) is 0.895. The maximum Gasteiger partial charge on any atom is 0.387 e. The summed E-state index contributed by atoms with van der Waals surface area (Å²) in [5, 5.41) is 6.16. The fourth-order valence-corrected chi connectivity index (χ4v) is 2.08. The van der Waals surface area contributed by atoms with E-state index in [9.17, 15) is 8.78 Å². The molecule has 0 saturated heterocycles. The highest BCUT2D eigenvalue weighted by Crippen LogP contribution is 2.27. The first-order valence-corrected chi connectivity index (χ1v) is 7.05. The monoisotopic (exact) mass is 322 g/mol. The highest BCUT2D eigenvalue weighted by Gasteiger charge is 2.11. The smallest absolute Gasteiger partial charge is 0.387 e. The zero-order chi connectivity index (χ0) is 16.1. The molecular formula is C16H16F2N2OS. The Morgan fingerprint density at radius 2 is 1.64 bits per heavy atom. The van der Waals surface area contributed by atoms with Crippen LogP contribution < -0.4 is 15.4 Å². The summed E-state index contributed by atoms with van der Waals surface area (Å²) in [7, 11) is 0. The van der Waals surface area contributed by atoms with Gasteiger partial charge in [0.25, 0.3) is 0 Å². The minimum atomic E-state index is -2.89. The Hall–Kier alpha value is -2.21. The summed E-state index contributed by atoms with van der Waals surface area (Å²) in [5.74, 6) is 0.0584. The number of thiocarbonyl (C=S) groups is 1. The van der Waals surface area contributed by atoms with Gasteiger partial charge in [0, 0.05) is 5.69 Å². The van der Waals surface area contributed by atoms with Crippen LogP contribution in [0.15, 0.2) is 42.5 Å². The number of hydrogen-bond acceptors (Lipinski definition) is 2. The number of benzene rings is 2. The van der Waals surface area contributed by atoms with Crippen molar-refractivity contribution < 1.29 is 13.5 Å². The zero-order valence-corrected chi connectivity index (χ0v) is 13.0. The molecule has 0 unspecified atom stereocenters. The normalized spacial score (nSPS) is 10.4. The maximum atomic E-state index is 12.5. The van der Waals surface area contributed by atoms with Gasteiger partial charge < -0.3 is 15.4 Å². The number of hydrogen-bond donors (Lipinski definition) is 2. The molecule has 0 spiro atoms. The van der Waals surface area contributed by atoms with Crippen molar-refractivity contribution in [3.05, 3.63) is 53.6 Å². The molecule has 2 aromatic carbocycles. The highest BCUT2D eigenvalue weighted by atomic mass is 32.1. The lowest BCUT2D eigenvalue weighted by Crippen LogP contribution is -2.20. The number of ether oxygens (including phenoxy) is 1. The summed E-state index contributed by atoms with van der Waals surface area (Å²) in [5.41, 5.74) is 3.15. The molecule has 0 saturated carbocycles. The number of rotatable bonds is 4. The summed E-state index contributed by atoms with van der Waals surface area (Å²) >= 11 is 5.19. The van der Waals surface area contributed by atoms with Crippen molar-refractivity contribution in [1.82, 2.24) is 0 Å². The molecule has 0 heterocycles. The van der Waals surface area contributed by atoms with Crippen molar-refractivity contribution in [2.24, 2.45) is 0 Å². The van der Waals surface area contributed by atoms with Crippen molar-refractivity contribution in [3.63, 3.8) is 0 Å². The van der Waals surface area contributed by atoms with Crippen LogP contribution in [0.1, 0.15) is 11.1 Å². The predicted octanol–water partition coefficient (Wildman–Crippen LogP) is 4.71. The predicted molar refractivity (Wildman–Crippen MR) is 88.8 cm³/mol. The highest BCUT2D eigenvalue weighted by molar-refractivity contribution is 7.80. The lowest BCUT2D eigenvalue weighted by molar-refractivity contribution is -0.0493. The van der Waals surface area contributed by atoms with Crippen LogP contribution in [0.25, 0.3) is 0 Å². The SMILES string of the molecule is Cc1ccc(NC(=S)Nc2ccc(C)cc2OC(F)F)cc1. The van der Waals surface area contributed by atoms with Gasteiger partial charge in [0.2, 0.25) is 0 Å². The summed E-state index contributed by atoms with van der Waals surface area (Å²) in [6, 6.07) is 12.6. The second-order valence-corrected chi connectivity index (χ2v) is 5.23. The minimum absolute atomic E-state index is 0.0584. The van der Waals surface area contributed by atoms with Crippen molar-refractivity contribution in [1.29, 1.82) is 0 Å². The maximum absolute atomic E-state index is 12.5. The van der Waals surface area contributed by atoms with Crippen LogP contribution in [-0.2, 0) is 0 Å². The molecule has 0 aromatic heterocycles. The summed E-state index contributed by atoms with van der Waals surface area (Å²) < 4.78 is 29.4. The van der Waals surface area contributed by atoms with E-state index in [0.717, 1.165) is 16.8 Å². The third-order valence-corrected chi connectivity index (χ3v) is 3.11. The number of aryl methyl sites for hydroxylation is 2. The molecule has 2 aromatic rings. The lowest BCUT2D eigenvalue weighted by atomic mass is 10.2. The molecule has 22 heavy (non-hydrogen) atoms. The van der Waals surface area contributed by atoms with Crippen LogP contribution in [0.2, 0.25) is 0 Å². The van der Waals surface area contributed by atoms with Crippen molar-refractivity contribution in [2.75, 3.05) is 10.6 Å². The second kappa shape index (κ2) is 7.17. The van der Waals surface area contributed by atoms with Crippen LogP contribution in [-0.4, -0.2) is 11.7 Å². The van der Waals surface area contributed by atoms with Gasteiger partial charge in [0.1, 0.15) is 5.75 Å². The molecule has 0 atom stereocenters. The Labute approximate surface area is 133 Å². The third kappa shape index (κ3) is 4.66. The fourth-order valence-electron chi connectivity index (χ4n) is 1.85. The molecule has 2 N–H and O–H groups in total. The van der Waals surface area contributed by atoms with E-state index >= 15 is 0 Å². The van der Waals surface area contributed by atoms with Crippen molar-refractivity contribution in [3.8, 4) is 5.75 Å². The first-order valence-electron chi connectivity index (χ1n) is 6.64. The van der Waals surface area contributed by atoms with Crippen LogP contribution in [0.5, 0.6) is 5.75 Å². The molecule has 3 nitrogen and oxygen atoms in total. The molecule has 0 aliphatic rings. The fraction of sp³-hybridized carbons (Fsp3) is 0.188. The average molecular weight is 322 g/mol. The average Bonchev–Trinajstić information content (AvgIpc) is 2.44. The standard InChI is InChI=1S/C16H16F2N2OS/c1-10-3-6-12(7-4-10)19-16(22)20-13-8-5-11(2)9-14(13)21-15(17)18/h3-9,15H,1-2H3,(H2,19,20,22). The van der Waals surface area contributed by atoms with Gasteiger partial charge in [0.05, 0.1) is 5.69 Å². The number of anilines is 2. The van der Waals surface area contributed by atoms with E-state index in [1.165, 1.54) is 6.07 Å². The van der Waals surface area contributed by atoms with Gasteiger partial charge in [-0.3, -0.25) is 0 Å². The molecule has 116 valence electrons. The number of halogens is 2. The first-order chi connectivity index (χ1) is 10.4. The Morgan fingerprint density at radius 3 is 2.27 bits per heavy atom. The van der Waals surface area contributed by atoms with Gasteiger partial charge in [-0.1, -0.05) is 23.8 Å². The summed E-state index contributed by atoms with van der Waals surface area (Å²) in [6.07, 6.45) is 0. The van der Waals surface area contributed by atoms with Crippen LogP contribution in [0, 0.1) is 13.8 Å². The molecule has 2 rings (SSSR count). The van der Waals surface area contributed by atoms with E-state index in [2.05, 4.69) is 15.4 Å². The van der Waals surface area contributed by atoms with Crippen molar-refractivity contribution in [2.45, 2.75) is 20.5 Å². The van der Waals surface area contributed by atoms with Gasteiger partial charge in [-0.2, -0.15) is 8.78 Å². The molecule has 0 amide bonds. The van der Waals surface area contributed by atoms with Crippen LogP contribution in [0.3, 0.4) is 0 Å². The second-order valence-electron chi connectivity index (χ2n) is 4.82. The quantitative estimate of drug-likeness (QED) is 0.799. The topological polar surface area (TPSA) is 33.3 Å². The van der Waals surface area contributed by atoms with Crippen LogP contribution in [0.4, 0.5) is 20.2 Å². The third-order valence-electron chi connectivity index (χ3n) is 2.91. The van der Waals surface area contributed by atoms with E-state index in [0.29, 0.717) is 10.8 Å². The van der Waals surface area contributed by atoms with Crippen molar-refractivity contribution >= 4 is 28.7 Å². The van der Waals surface area contributed by atoms with E-state index in [1.54, 1.807) is 19.1 Å². The molecule has 0 aliphatic carbocycles. The van der Waals surface area contributed by atoms with Gasteiger partial charge in [0.15, 0.2) is 5.11 Å². The molecular weight excluding hydrogens is 306 g/mol. The van der Waals surface area contributed by atoms with E-state index in [4.69, 9.17) is 12.2 Å². The van der Waals surface area contributed by atoms with E-state index < -0.39 is 6.61 Å². The number of alkyl halides is 2. The minimum Gasteiger partial charge on any atom is -0.433 e. The first kappa shape index (κ1) is 16.2. The molecule has 0 fully saturated rings. The molecule has 0 radical (unpaired) electrons. The zero-order valence-electron chi connectivity index (χ0n) is 12.2.